The highest BCUT2D eigenvalue weighted by Crippen LogP contribution is 2.62. The van der Waals surface area contributed by atoms with E-state index < -0.39 is 55.8 Å². The highest BCUT2D eigenvalue weighted by molar-refractivity contribution is 7.54. The highest BCUT2D eigenvalue weighted by atomic mass is 32.1. The molecule has 1 aromatic carbocycles. The molecule has 0 aliphatic rings. The van der Waals surface area contributed by atoms with Crippen molar-refractivity contribution < 1.29 is 47.0 Å². The normalized spacial score (nSPS) is 13.5. The fraction of sp³-hybridized carbons (Fsp3) is 0.500. The largest absolute Gasteiger partial charge is 0.477 e. The van der Waals surface area contributed by atoms with Crippen molar-refractivity contribution in [2.24, 2.45) is 10.8 Å². The van der Waals surface area contributed by atoms with Crippen LogP contribution in [0.15, 0.2) is 24.3 Å². The van der Waals surface area contributed by atoms with Crippen LogP contribution in [0, 0.1) is 10.8 Å². The third-order valence-electron chi connectivity index (χ3n) is 4.37. The molecule has 0 fully saturated rings. The molecule has 1 heterocycles. The number of halogens is 1. The van der Waals surface area contributed by atoms with Crippen LogP contribution in [0.5, 0.6) is 0 Å². The summed E-state index contributed by atoms with van der Waals surface area (Å²) in [4.78, 5) is 35.2. The number of fused-ring (bicyclic) bond motifs is 1. The first-order valence-electron chi connectivity index (χ1n) is 10.2. The summed E-state index contributed by atoms with van der Waals surface area (Å²) in [6, 6.07) is 5.49. The molecule has 1 atom stereocenters. The lowest BCUT2D eigenvalue weighted by molar-refractivity contribution is -0.162. The van der Waals surface area contributed by atoms with Crippen LogP contribution in [0.3, 0.4) is 0 Å². The monoisotopic (exact) mass is 518 g/mol. The molecule has 0 spiro atoms. The third-order valence-corrected chi connectivity index (χ3v) is 7.26. The van der Waals surface area contributed by atoms with E-state index in [0.717, 1.165) is 11.3 Å². The topological polar surface area (TPSA) is 125 Å². The van der Waals surface area contributed by atoms with E-state index in [1.807, 2.05) is 0 Å². The molecule has 2 aromatic rings. The Balaban J connectivity index is 2.26. The van der Waals surface area contributed by atoms with E-state index in [-0.39, 0.29) is 10.4 Å². The Hall–Kier alpha value is -2.33. The molecule has 0 bridgehead atoms. The second-order valence-corrected chi connectivity index (χ2v) is 12.6. The molecule has 0 saturated carbocycles. The maximum Gasteiger partial charge on any atom is 0.374 e. The molecular weight excluding hydrogens is 490 g/mol. The Morgan fingerprint density at radius 2 is 1.47 bits per heavy atom. The van der Waals surface area contributed by atoms with Crippen molar-refractivity contribution in [3.8, 4) is 0 Å². The van der Waals surface area contributed by atoms with Crippen molar-refractivity contribution in [1.82, 2.24) is 0 Å². The van der Waals surface area contributed by atoms with Gasteiger partial charge in [0, 0.05) is 4.70 Å². The molecule has 0 amide bonds. The van der Waals surface area contributed by atoms with Crippen molar-refractivity contribution in [1.29, 1.82) is 0 Å². The number of carboxylic acid groups (broad SMARTS) is 1. The van der Waals surface area contributed by atoms with Gasteiger partial charge in [-0.3, -0.25) is 23.2 Å². The summed E-state index contributed by atoms with van der Waals surface area (Å²) in [5, 5.41) is 9.58. The van der Waals surface area contributed by atoms with Crippen LogP contribution in [-0.2, 0) is 32.7 Å². The van der Waals surface area contributed by atoms with Gasteiger partial charge in [0.15, 0.2) is 0 Å². The molecule has 2 rings (SSSR count). The van der Waals surface area contributed by atoms with Gasteiger partial charge in [0.1, 0.15) is 4.88 Å². The standard InChI is InChI=1S/C22H28FO9PS/c1-21(2,3)19(26)29-11-31-33(28,32-12-30-20(27)22(4,5)6)17(23)13-7-8-15-14(9-13)10-16(34-15)18(24)25/h7-10,17H,11-12H2,1-6H3,(H,24,25)/t17-/m1/s1. The number of aromatic carboxylic acids is 1. The number of ether oxygens (including phenoxy) is 2. The summed E-state index contributed by atoms with van der Waals surface area (Å²) < 4.78 is 49.4. The molecule has 1 aromatic heterocycles. The van der Waals surface area contributed by atoms with E-state index in [1.54, 1.807) is 41.5 Å². The minimum absolute atomic E-state index is 0.0569. The highest BCUT2D eigenvalue weighted by Gasteiger charge is 2.40. The van der Waals surface area contributed by atoms with E-state index in [2.05, 4.69) is 0 Å². The summed E-state index contributed by atoms with van der Waals surface area (Å²) >= 11 is 1.00. The Labute approximate surface area is 200 Å². The van der Waals surface area contributed by atoms with Crippen molar-refractivity contribution in [3.05, 3.63) is 34.7 Å². The Morgan fingerprint density at radius 1 is 0.971 bits per heavy atom. The minimum atomic E-state index is -4.67. The SMILES string of the molecule is CC(C)(C)C(=O)OCOP(=O)(OCOC(=O)C(C)(C)C)[C@@H](F)c1ccc2sc(C(=O)O)cc2c1. The van der Waals surface area contributed by atoms with E-state index in [0.29, 0.717) is 10.1 Å². The zero-order chi connectivity index (χ0) is 25.9. The summed E-state index contributed by atoms with van der Waals surface area (Å²) in [7, 11) is -4.67. The predicted octanol–water partition coefficient (Wildman–Crippen LogP) is 5.89. The third kappa shape index (κ3) is 7.09. The van der Waals surface area contributed by atoms with Gasteiger partial charge in [0.25, 0.3) is 0 Å². The maximum absolute atomic E-state index is 15.5. The molecule has 0 aliphatic carbocycles. The van der Waals surface area contributed by atoms with E-state index >= 15 is 4.39 Å². The first kappa shape index (κ1) is 27.9. The van der Waals surface area contributed by atoms with Crippen LogP contribution >= 0.6 is 18.9 Å². The van der Waals surface area contributed by atoms with Gasteiger partial charge in [0.05, 0.1) is 10.8 Å². The number of carbonyl (C=O) groups is 3. The Morgan fingerprint density at radius 3 is 1.91 bits per heavy atom. The number of hydrogen-bond acceptors (Lipinski definition) is 9. The van der Waals surface area contributed by atoms with E-state index in [9.17, 15) is 18.9 Å². The molecule has 9 nitrogen and oxygen atoms in total. The number of esters is 2. The first-order chi connectivity index (χ1) is 15.5. The van der Waals surface area contributed by atoms with Crippen LogP contribution in [-0.4, -0.2) is 36.6 Å². The Kier molecular flexibility index (Phi) is 8.63. The number of thiophene rings is 1. The smallest absolute Gasteiger partial charge is 0.374 e. The summed E-state index contributed by atoms with van der Waals surface area (Å²) in [5.74, 6) is -4.81. The number of carbonyl (C=O) groups excluding carboxylic acids is 2. The minimum Gasteiger partial charge on any atom is -0.477 e. The molecule has 0 aliphatic heterocycles. The predicted molar refractivity (Wildman–Crippen MR) is 123 cm³/mol. The number of alkyl halides is 1. The average Bonchev–Trinajstić information content (AvgIpc) is 3.15. The lowest BCUT2D eigenvalue weighted by Crippen LogP contribution is -2.25. The molecule has 12 heteroatoms. The lowest BCUT2D eigenvalue weighted by atomic mass is 9.98. The zero-order valence-electron chi connectivity index (χ0n) is 19.7. The van der Waals surface area contributed by atoms with Crippen LogP contribution in [0.25, 0.3) is 10.1 Å². The number of carboxylic acids is 1. The van der Waals surface area contributed by atoms with Gasteiger partial charge in [-0.05, 0) is 70.7 Å². The summed E-state index contributed by atoms with van der Waals surface area (Å²) in [5.41, 5.74) is -1.87. The average molecular weight is 518 g/mol. The molecule has 0 saturated heterocycles. The van der Waals surface area contributed by atoms with Gasteiger partial charge in [-0.15, -0.1) is 11.3 Å². The lowest BCUT2D eigenvalue weighted by Gasteiger charge is -2.24. The van der Waals surface area contributed by atoms with Crippen molar-refractivity contribution in [2.75, 3.05) is 13.6 Å². The fourth-order valence-electron chi connectivity index (χ4n) is 2.41. The van der Waals surface area contributed by atoms with Gasteiger partial charge in [-0.2, -0.15) is 0 Å². The first-order valence-corrected chi connectivity index (χ1v) is 12.6. The van der Waals surface area contributed by atoms with Gasteiger partial charge >= 0.3 is 25.5 Å². The van der Waals surface area contributed by atoms with Gasteiger partial charge in [-0.25, -0.2) is 9.18 Å². The zero-order valence-corrected chi connectivity index (χ0v) is 21.5. The van der Waals surface area contributed by atoms with Crippen molar-refractivity contribution >= 4 is 46.9 Å². The van der Waals surface area contributed by atoms with E-state index in [1.165, 1.54) is 24.3 Å². The second kappa shape index (κ2) is 10.5. The van der Waals surface area contributed by atoms with Gasteiger partial charge < -0.3 is 14.6 Å². The molecule has 0 unspecified atom stereocenters. The van der Waals surface area contributed by atoms with Crippen molar-refractivity contribution in [3.63, 3.8) is 0 Å². The van der Waals surface area contributed by atoms with Gasteiger partial charge in [0.2, 0.25) is 19.5 Å². The number of hydrogen-bond donors (Lipinski definition) is 1. The summed E-state index contributed by atoms with van der Waals surface area (Å²) in [6.07, 6.45) is 0. The molecule has 188 valence electrons. The van der Waals surface area contributed by atoms with Crippen LogP contribution in [0.2, 0.25) is 0 Å². The fourth-order valence-corrected chi connectivity index (χ4v) is 4.55. The van der Waals surface area contributed by atoms with E-state index in [4.69, 9.17) is 23.6 Å². The molecule has 1 N–H and O–H groups in total. The van der Waals surface area contributed by atoms with Crippen LogP contribution in [0.1, 0.15) is 62.7 Å². The molecular formula is C22H28FO9PS. The maximum atomic E-state index is 15.5. The van der Waals surface area contributed by atoms with Crippen LogP contribution in [0.4, 0.5) is 4.39 Å². The number of benzene rings is 1. The summed E-state index contributed by atoms with van der Waals surface area (Å²) in [6.45, 7) is 7.85. The van der Waals surface area contributed by atoms with Crippen LogP contribution < -0.4 is 0 Å². The number of rotatable bonds is 9. The molecule has 34 heavy (non-hydrogen) atoms. The quantitative estimate of drug-likeness (QED) is 0.246. The van der Waals surface area contributed by atoms with Gasteiger partial charge in [-0.1, -0.05) is 6.07 Å². The Bertz CT molecular complexity index is 1080. The second-order valence-electron chi connectivity index (χ2n) is 9.45. The molecule has 0 radical (unpaired) electrons. The van der Waals surface area contributed by atoms with Crippen molar-refractivity contribution in [2.45, 2.75) is 47.5 Å².